The van der Waals surface area contributed by atoms with Crippen molar-refractivity contribution in [2.24, 2.45) is 0 Å². The average Bonchev–Trinajstić information content (AvgIpc) is 2.24. The lowest BCUT2D eigenvalue weighted by Gasteiger charge is -2.12. The number of likely N-dealkylation sites (N-methyl/N-ethyl adjacent to an activating group) is 1. The fraction of sp³-hybridized carbons (Fsp3) is 0.500. The Bertz CT molecular complexity index is 471. The largest absolute Gasteiger partial charge is 0.350 e. The second-order valence-corrected chi connectivity index (χ2v) is 4.24. The SMILES string of the molecule is CNC(C)CNC(=O)c1c(C)cc(C)[nH]c1=O.Cl. The Morgan fingerprint density at radius 2 is 2.06 bits per heavy atom. The molecule has 0 aliphatic heterocycles. The smallest absolute Gasteiger partial charge is 0.261 e. The summed E-state index contributed by atoms with van der Waals surface area (Å²) >= 11 is 0. The summed E-state index contributed by atoms with van der Waals surface area (Å²) in [6, 6.07) is 1.96. The molecule has 1 rings (SSSR count). The number of aryl methyl sites for hydroxylation is 2. The molecule has 0 bridgehead atoms. The maximum atomic E-state index is 11.9. The number of nitrogens with one attached hydrogen (secondary N) is 3. The molecule has 0 saturated carbocycles. The van der Waals surface area contributed by atoms with Gasteiger partial charge in [0, 0.05) is 18.3 Å². The van der Waals surface area contributed by atoms with Crippen LogP contribution in [0.5, 0.6) is 0 Å². The number of H-pyrrole nitrogens is 1. The highest BCUT2D eigenvalue weighted by atomic mass is 35.5. The third kappa shape index (κ3) is 4.16. The molecule has 1 aromatic heterocycles. The summed E-state index contributed by atoms with van der Waals surface area (Å²) in [5, 5.41) is 5.74. The summed E-state index contributed by atoms with van der Waals surface area (Å²) in [7, 11) is 1.82. The quantitative estimate of drug-likeness (QED) is 0.758. The number of carbonyl (C=O) groups excluding carboxylic acids is 1. The lowest BCUT2D eigenvalue weighted by molar-refractivity contribution is 0.0948. The zero-order valence-electron chi connectivity index (χ0n) is 11.1. The van der Waals surface area contributed by atoms with Crippen LogP contribution in [0.15, 0.2) is 10.9 Å². The maximum absolute atomic E-state index is 11.9. The van der Waals surface area contributed by atoms with Crippen molar-refractivity contribution in [2.45, 2.75) is 26.8 Å². The van der Waals surface area contributed by atoms with Gasteiger partial charge in [0.2, 0.25) is 0 Å². The van der Waals surface area contributed by atoms with Crippen molar-refractivity contribution in [1.82, 2.24) is 15.6 Å². The summed E-state index contributed by atoms with van der Waals surface area (Å²) < 4.78 is 0. The number of hydrogen-bond donors (Lipinski definition) is 3. The number of amides is 1. The van der Waals surface area contributed by atoms with E-state index in [1.54, 1.807) is 19.9 Å². The number of hydrogen-bond acceptors (Lipinski definition) is 3. The molecule has 0 saturated heterocycles. The Morgan fingerprint density at radius 3 is 2.56 bits per heavy atom. The number of rotatable bonds is 4. The van der Waals surface area contributed by atoms with Crippen LogP contribution >= 0.6 is 12.4 Å². The van der Waals surface area contributed by atoms with E-state index in [2.05, 4.69) is 15.6 Å². The van der Waals surface area contributed by atoms with Gasteiger partial charge in [-0.1, -0.05) is 0 Å². The Morgan fingerprint density at radius 1 is 1.44 bits per heavy atom. The van der Waals surface area contributed by atoms with E-state index >= 15 is 0 Å². The van der Waals surface area contributed by atoms with Gasteiger partial charge in [0.1, 0.15) is 5.56 Å². The summed E-state index contributed by atoms with van der Waals surface area (Å²) in [6.07, 6.45) is 0. The third-order valence-electron chi connectivity index (χ3n) is 2.65. The van der Waals surface area contributed by atoms with Gasteiger partial charge in [-0.05, 0) is 39.4 Å². The van der Waals surface area contributed by atoms with Crippen molar-refractivity contribution in [1.29, 1.82) is 0 Å². The van der Waals surface area contributed by atoms with Crippen LogP contribution in [0.1, 0.15) is 28.5 Å². The van der Waals surface area contributed by atoms with Gasteiger partial charge in [-0.25, -0.2) is 0 Å². The molecule has 0 radical (unpaired) electrons. The lowest BCUT2D eigenvalue weighted by atomic mass is 10.1. The molecule has 6 heteroatoms. The fourth-order valence-electron chi connectivity index (χ4n) is 1.57. The standard InChI is InChI=1S/C12H19N3O2.ClH/c1-7-5-8(2)15-12(17)10(7)11(16)14-6-9(3)13-4;/h5,9,13H,6H2,1-4H3,(H,14,16)(H,15,17);1H. The first-order valence-corrected chi connectivity index (χ1v) is 5.61. The van der Waals surface area contributed by atoms with E-state index in [9.17, 15) is 9.59 Å². The van der Waals surface area contributed by atoms with E-state index in [4.69, 9.17) is 0 Å². The first-order chi connectivity index (χ1) is 7.95. The van der Waals surface area contributed by atoms with Gasteiger partial charge in [0.25, 0.3) is 11.5 Å². The van der Waals surface area contributed by atoms with E-state index in [1.807, 2.05) is 14.0 Å². The fourth-order valence-corrected chi connectivity index (χ4v) is 1.57. The van der Waals surface area contributed by atoms with Crippen LogP contribution in [0.3, 0.4) is 0 Å². The van der Waals surface area contributed by atoms with Gasteiger partial charge in [0.15, 0.2) is 0 Å². The van der Waals surface area contributed by atoms with Gasteiger partial charge in [-0.2, -0.15) is 0 Å². The Labute approximate surface area is 113 Å². The van der Waals surface area contributed by atoms with Crippen molar-refractivity contribution in [3.05, 3.63) is 33.2 Å². The molecule has 18 heavy (non-hydrogen) atoms. The van der Waals surface area contributed by atoms with Gasteiger partial charge >= 0.3 is 0 Å². The van der Waals surface area contributed by atoms with Crippen LogP contribution in [-0.4, -0.2) is 30.5 Å². The zero-order valence-corrected chi connectivity index (χ0v) is 11.9. The average molecular weight is 274 g/mol. The van der Waals surface area contributed by atoms with Crippen molar-refractivity contribution >= 4 is 18.3 Å². The molecule has 1 unspecified atom stereocenters. The molecular weight excluding hydrogens is 254 g/mol. The predicted octanol–water partition coefficient (Wildman–Crippen LogP) is 0.751. The molecule has 3 N–H and O–H groups in total. The highest BCUT2D eigenvalue weighted by Crippen LogP contribution is 2.03. The molecule has 1 aromatic rings. The monoisotopic (exact) mass is 273 g/mol. The van der Waals surface area contributed by atoms with Gasteiger partial charge in [0.05, 0.1) is 0 Å². The molecule has 1 atom stereocenters. The molecule has 0 aliphatic rings. The minimum Gasteiger partial charge on any atom is -0.350 e. The highest BCUT2D eigenvalue weighted by molar-refractivity contribution is 5.95. The number of carbonyl (C=O) groups is 1. The zero-order chi connectivity index (χ0) is 13.0. The van der Waals surface area contributed by atoms with Crippen LogP contribution in [0.2, 0.25) is 0 Å². The Kier molecular flexibility index (Phi) is 6.65. The molecule has 0 aromatic carbocycles. The van der Waals surface area contributed by atoms with E-state index in [-0.39, 0.29) is 35.5 Å². The summed E-state index contributed by atoms with van der Waals surface area (Å²) in [4.78, 5) is 26.2. The second-order valence-electron chi connectivity index (χ2n) is 4.24. The molecular formula is C12H20ClN3O2. The van der Waals surface area contributed by atoms with E-state index in [0.717, 1.165) is 5.69 Å². The molecule has 0 spiro atoms. The first kappa shape index (κ1) is 16.7. The Balaban J connectivity index is 0.00000289. The van der Waals surface area contributed by atoms with Gasteiger partial charge in [-0.3, -0.25) is 9.59 Å². The van der Waals surface area contributed by atoms with E-state index in [1.165, 1.54) is 0 Å². The molecule has 5 nitrogen and oxygen atoms in total. The second kappa shape index (κ2) is 7.18. The summed E-state index contributed by atoms with van der Waals surface area (Å²) in [6.45, 7) is 5.99. The first-order valence-electron chi connectivity index (χ1n) is 5.61. The third-order valence-corrected chi connectivity index (χ3v) is 2.65. The molecule has 1 amide bonds. The van der Waals surface area contributed by atoms with E-state index < -0.39 is 0 Å². The topological polar surface area (TPSA) is 74.0 Å². The van der Waals surface area contributed by atoms with Crippen LogP contribution in [0.4, 0.5) is 0 Å². The van der Waals surface area contributed by atoms with Crippen LogP contribution < -0.4 is 16.2 Å². The van der Waals surface area contributed by atoms with Crippen molar-refractivity contribution in [3.63, 3.8) is 0 Å². The number of aromatic amines is 1. The number of halogens is 1. The molecule has 0 aliphatic carbocycles. The van der Waals surface area contributed by atoms with Crippen molar-refractivity contribution in [2.75, 3.05) is 13.6 Å². The number of aromatic nitrogens is 1. The highest BCUT2D eigenvalue weighted by Gasteiger charge is 2.14. The minimum atomic E-state index is -0.336. The van der Waals surface area contributed by atoms with Gasteiger partial charge in [-0.15, -0.1) is 12.4 Å². The Hall–Kier alpha value is -1.33. The summed E-state index contributed by atoms with van der Waals surface area (Å²) in [5.74, 6) is -0.328. The van der Waals surface area contributed by atoms with Crippen molar-refractivity contribution in [3.8, 4) is 0 Å². The molecule has 0 fully saturated rings. The molecule has 102 valence electrons. The van der Waals surface area contributed by atoms with Crippen molar-refractivity contribution < 1.29 is 4.79 Å². The predicted molar refractivity (Wildman–Crippen MR) is 74.6 cm³/mol. The maximum Gasteiger partial charge on any atom is 0.261 e. The number of pyridine rings is 1. The lowest BCUT2D eigenvalue weighted by Crippen LogP contribution is -2.39. The summed E-state index contributed by atoms with van der Waals surface area (Å²) in [5.41, 5.74) is 1.31. The molecule has 1 heterocycles. The van der Waals surface area contributed by atoms with Crippen LogP contribution in [0, 0.1) is 13.8 Å². The van der Waals surface area contributed by atoms with Crippen LogP contribution in [-0.2, 0) is 0 Å². The van der Waals surface area contributed by atoms with Gasteiger partial charge < -0.3 is 15.6 Å². The van der Waals surface area contributed by atoms with E-state index in [0.29, 0.717) is 12.1 Å². The minimum absolute atomic E-state index is 0. The van der Waals surface area contributed by atoms with Crippen LogP contribution in [0.25, 0.3) is 0 Å². The normalized spacial score (nSPS) is 11.6.